The summed E-state index contributed by atoms with van der Waals surface area (Å²) in [6, 6.07) is 7.51. The van der Waals surface area contributed by atoms with E-state index in [1.807, 2.05) is 35.7 Å². The van der Waals surface area contributed by atoms with Crippen LogP contribution in [0.3, 0.4) is 0 Å². The molecule has 0 bridgehead atoms. The minimum Gasteiger partial charge on any atom is -0.494 e. The zero-order chi connectivity index (χ0) is 16.9. The molecule has 0 aliphatic rings. The van der Waals surface area contributed by atoms with E-state index in [0.29, 0.717) is 17.9 Å². The number of aryl methyl sites for hydroxylation is 2. The Morgan fingerprint density at radius 1 is 1.33 bits per heavy atom. The molecule has 0 saturated heterocycles. The van der Waals surface area contributed by atoms with E-state index in [9.17, 15) is 4.79 Å². The van der Waals surface area contributed by atoms with Gasteiger partial charge in [0.05, 0.1) is 18.9 Å². The number of fused-ring (bicyclic) bond motifs is 1. The van der Waals surface area contributed by atoms with Gasteiger partial charge in [-0.2, -0.15) is 0 Å². The third-order valence-corrected chi connectivity index (χ3v) is 3.72. The Kier molecular flexibility index (Phi) is 4.69. The predicted molar refractivity (Wildman–Crippen MR) is 89.2 cm³/mol. The molecule has 1 N–H and O–H groups in total. The lowest BCUT2D eigenvalue weighted by Gasteiger charge is -2.09. The van der Waals surface area contributed by atoms with Crippen molar-refractivity contribution in [3.05, 3.63) is 53.7 Å². The van der Waals surface area contributed by atoms with Gasteiger partial charge in [0, 0.05) is 24.9 Å². The largest absolute Gasteiger partial charge is 0.494 e. The molecule has 7 nitrogen and oxygen atoms in total. The molecule has 7 heteroatoms. The topological polar surface area (TPSA) is 81.4 Å². The first-order valence-corrected chi connectivity index (χ1v) is 7.76. The predicted octanol–water partition coefficient (Wildman–Crippen LogP) is 1.80. The summed E-state index contributed by atoms with van der Waals surface area (Å²) in [7, 11) is 1.53. The second-order valence-electron chi connectivity index (χ2n) is 5.43. The molecule has 0 aromatic carbocycles. The molecule has 3 heterocycles. The van der Waals surface area contributed by atoms with E-state index >= 15 is 0 Å². The molecule has 0 unspecified atom stereocenters. The fourth-order valence-electron chi connectivity index (χ4n) is 2.49. The lowest BCUT2D eigenvalue weighted by atomic mass is 10.2. The summed E-state index contributed by atoms with van der Waals surface area (Å²) in [6.45, 7) is 2.39. The Balaban J connectivity index is 1.57. The van der Waals surface area contributed by atoms with E-state index in [-0.39, 0.29) is 5.91 Å². The minimum absolute atomic E-state index is 0.163. The standard InChI is InChI=1S/C17H19N5O2/c1-12-10-13(14(24-2)11-19-12)17(23)18-8-5-7-16-21-20-15-6-3-4-9-22(15)16/h3-4,6,9-11H,5,7-8H2,1-2H3,(H,18,23). The molecule has 24 heavy (non-hydrogen) atoms. The van der Waals surface area contributed by atoms with Gasteiger partial charge in [-0.1, -0.05) is 6.07 Å². The Morgan fingerprint density at radius 3 is 3.04 bits per heavy atom. The molecule has 0 aliphatic heterocycles. The Labute approximate surface area is 139 Å². The van der Waals surface area contributed by atoms with Gasteiger partial charge in [-0.25, -0.2) is 0 Å². The molecule has 1 amide bonds. The number of rotatable bonds is 6. The van der Waals surface area contributed by atoms with Crippen LogP contribution in [0.1, 0.15) is 28.3 Å². The van der Waals surface area contributed by atoms with Crippen molar-refractivity contribution < 1.29 is 9.53 Å². The Bertz CT molecular complexity index is 859. The summed E-state index contributed by atoms with van der Waals surface area (Å²) >= 11 is 0. The van der Waals surface area contributed by atoms with Crippen LogP contribution in [-0.4, -0.2) is 39.1 Å². The molecular weight excluding hydrogens is 306 g/mol. The number of carbonyl (C=O) groups is 1. The van der Waals surface area contributed by atoms with Crippen molar-refractivity contribution in [1.29, 1.82) is 0 Å². The van der Waals surface area contributed by atoms with Crippen LogP contribution in [0.4, 0.5) is 0 Å². The van der Waals surface area contributed by atoms with Gasteiger partial charge in [-0.05, 0) is 31.5 Å². The van der Waals surface area contributed by atoms with Gasteiger partial charge in [-0.3, -0.25) is 14.2 Å². The van der Waals surface area contributed by atoms with Gasteiger partial charge in [0.2, 0.25) is 0 Å². The van der Waals surface area contributed by atoms with Crippen LogP contribution in [0, 0.1) is 6.92 Å². The lowest BCUT2D eigenvalue weighted by Crippen LogP contribution is -2.25. The van der Waals surface area contributed by atoms with Crippen molar-refractivity contribution >= 4 is 11.6 Å². The zero-order valence-corrected chi connectivity index (χ0v) is 13.7. The average Bonchev–Trinajstić information content (AvgIpc) is 3.01. The molecule has 3 aromatic rings. The molecular formula is C17H19N5O2. The second-order valence-corrected chi connectivity index (χ2v) is 5.43. The number of aromatic nitrogens is 4. The summed E-state index contributed by atoms with van der Waals surface area (Å²) in [5.74, 6) is 1.20. The van der Waals surface area contributed by atoms with Crippen molar-refractivity contribution in [2.75, 3.05) is 13.7 Å². The fourth-order valence-corrected chi connectivity index (χ4v) is 2.49. The van der Waals surface area contributed by atoms with Gasteiger partial charge < -0.3 is 10.1 Å². The highest BCUT2D eigenvalue weighted by atomic mass is 16.5. The molecule has 0 saturated carbocycles. The summed E-state index contributed by atoms with van der Waals surface area (Å²) in [4.78, 5) is 16.4. The quantitative estimate of drug-likeness (QED) is 0.699. The van der Waals surface area contributed by atoms with Gasteiger partial charge in [0.1, 0.15) is 11.6 Å². The van der Waals surface area contributed by atoms with Crippen LogP contribution in [0.15, 0.2) is 36.7 Å². The zero-order valence-electron chi connectivity index (χ0n) is 13.7. The number of ether oxygens (including phenoxy) is 1. The Hall–Kier alpha value is -2.96. The number of amides is 1. The molecule has 124 valence electrons. The number of carbonyl (C=O) groups excluding carboxylic acids is 1. The number of nitrogens with zero attached hydrogens (tertiary/aromatic N) is 4. The maximum Gasteiger partial charge on any atom is 0.255 e. The third kappa shape index (κ3) is 3.34. The molecule has 0 spiro atoms. The summed E-state index contributed by atoms with van der Waals surface area (Å²) < 4.78 is 7.15. The highest BCUT2D eigenvalue weighted by Crippen LogP contribution is 2.17. The molecule has 3 rings (SSSR count). The van der Waals surface area contributed by atoms with Crippen molar-refractivity contribution in [3.8, 4) is 5.75 Å². The normalized spacial score (nSPS) is 10.8. The van der Waals surface area contributed by atoms with Crippen LogP contribution >= 0.6 is 0 Å². The first kappa shape index (κ1) is 15.9. The van der Waals surface area contributed by atoms with Crippen LogP contribution in [0.25, 0.3) is 5.65 Å². The van der Waals surface area contributed by atoms with Gasteiger partial charge in [0.15, 0.2) is 5.65 Å². The van der Waals surface area contributed by atoms with Crippen LogP contribution in [0.5, 0.6) is 5.75 Å². The van der Waals surface area contributed by atoms with Gasteiger partial charge in [0.25, 0.3) is 5.91 Å². The van der Waals surface area contributed by atoms with Crippen molar-refractivity contribution in [2.45, 2.75) is 19.8 Å². The smallest absolute Gasteiger partial charge is 0.255 e. The molecule has 3 aromatic heterocycles. The second kappa shape index (κ2) is 7.08. The number of pyridine rings is 2. The van der Waals surface area contributed by atoms with Crippen molar-refractivity contribution in [1.82, 2.24) is 24.9 Å². The molecule has 0 fully saturated rings. The first-order valence-electron chi connectivity index (χ1n) is 7.76. The average molecular weight is 325 g/mol. The van der Waals surface area contributed by atoms with Gasteiger partial charge >= 0.3 is 0 Å². The summed E-state index contributed by atoms with van der Waals surface area (Å²) in [5.41, 5.74) is 2.10. The first-order chi connectivity index (χ1) is 11.7. The number of methoxy groups -OCH3 is 1. The number of hydrogen-bond acceptors (Lipinski definition) is 5. The SMILES string of the molecule is COc1cnc(C)cc1C(=O)NCCCc1nnc2ccccn12. The maximum atomic E-state index is 12.3. The highest BCUT2D eigenvalue weighted by molar-refractivity contribution is 5.96. The number of hydrogen-bond donors (Lipinski definition) is 1. The van der Waals surface area contributed by atoms with Crippen molar-refractivity contribution in [2.24, 2.45) is 0 Å². The maximum absolute atomic E-state index is 12.3. The van der Waals surface area contributed by atoms with E-state index in [1.165, 1.54) is 7.11 Å². The Morgan fingerprint density at radius 2 is 2.21 bits per heavy atom. The van der Waals surface area contributed by atoms with E-state index < -0.39 is 0 Å². The fraction of sp³-hybridized carbons (Fsp3) is 0.294. The molecule has 0 radical (unpaired) electrons. The minimum atomic E-state index is -0.163. The van der Waals surface area contributed by atoms with E-state index in [4.69, 9.17) is 4.74 Å². The van der Waals surface area contributed by atoms with E-state index in [0.717, 1.165) is 30.0 Å². The van der Waals surface area contributed by atoms with Crippen LogP contribution in [-0.2, 0) is 6.42 Å². The van der Waals surface area contributed by atoms with E-state index in [2.05, 4.69) is 20.5 Å². The third-order valence-electron chi connectivity index (χ3n) is 3.72. The number of nitrogens with one attached hydrogen (secondary N) is 1. The van der Waals surface area contributed by atoms with Crippen LogP contribution in [0.2, 0.25) is 0 Å². The summed E-state index contributed by atoms with van der Waals surface area (Å²) in [6.07, 6.45) is 5.01. The van der Waals surface area contributed by atoms with Gasteiger partial charge in [-0.15, -0.1) is 10.2 Å². The highest BCUT2D eigenvalue weighted by Gasteiger charge is 2.13. The molecule has 0 aliphatic carbocycles. The monoisotopic (exact) mass is 325 g/mol. The summed E-state index contributed by atoms with van der Waals surface area (Å²) in [5, 5.41) is 11.2. The van der Waals surface area contributed by atoms with Crippen LogP contribution < -0.4 is 10.1 Å². The van der Waals surface area contributed by atoms with E-state index in [1.54, 1.807) is 12.3 Å². The van der Waals surface area contributed by atoms with Crippen molar-refractivity contribution in [3.63, 3.8) is 0 Å². The lowest BCUT2D eigenvalue weighted by molar-refractivity contribution is 0.0950. The molecule has 0 atom stereocenters.